The summed E-state index contributed by atoms with van der Waals surface area (Å²) in [7, 11) is 1.92. The topological polar surface area (TPSA) is 29.9 Å². The van der Waals surface area contributed by atoms with Crippen molar-refractivity contribution in [2.24, 2.45) is 0 Å². The molecule has 0 amide bonds. The van der Waals surface area contributed by atoms with Crippen LogP contribution in [0.5, 0.6) is 0 Å². The molecular weight excluding hydrogens is 246 g/mol. The van der Waals surface area contributed by atoms with Gasteiger partial charge in [0.15, 0.2) is 0 Å². The highest BCUT2D eigenvalue weighted by Gasteiger charge is 2.06. The van der Waals surface area contributed by atoms with Crippen LogP contribution in [0.25, 0.3) is 5.69 Å². The fourth-order valence-corrected chi connectivity index (χ4v) is 2.24. The molecule has 0 aliphatic carbocycles. The van der Waals surface area contributed by atoms with Gasteiger partial charge >= 0.3 is 0 Å². The second kappa shape index (κ2) is 6.03. The maximum absolute atomic E-state index is 6.28. The van der Waals surface area contributed by atoms with Crippen LogP contribution < -0.4 is 5.32 Å². The van der Waals surface area contributed by atoms with E-state index in [1.807, 2.05) is 25.5 Å². The Morgan fingerprint density at radius 3 is 2.89 bits per heavy atom. The first-order valence-electron chi connectivity index (χ1n) is 6.22. The van der Waals surface area contributed by atoms with E-state index in [4.69, 9.17) is 11.6 Å². The fraction of sp³-hybridized carbons (Fsp3) is 0.357. The lowest BCUT2D eigenvalue weighted by molar-refractivity contribution is 0.804. The first-order chi connectivity index (χ1) is 8.76. The van der Waals surface area contributed by atoms with E-state index >= 15 is 0 Å². The predicted octanol–water partition coefficient (Wildman–Crippen LogP) is 3.20. The Bertz CT molecular complexity index is 520. The van der Waals surface area contributed by atoms with Crippen LogP contribution in [0.1, 0.15) is 24.7 Å². The zero-order valence-electron chi connectivity index (χ0n) is 10.8. The molecule has 1 heterocycles. The van der Waals surface area contributed by atoms with Gasteiger partial charge in [-0.05, 0) is 31.2 Å². The molecule has 0 saturated heterocycles. The van der Waals surface area contributed by atoms with Crippen molar-refractivity contribution < 1.29 is 0 Å². The molecule has 0 saturated carbocycles. The number of rotatable bonds is 5. The van der Waals surface area contributed by atoms with Gasteiger partial charge in [-0.15, -0.1) is 0 Å². The number of aryl methyl sites for hydroxylation is 1. The van der Waals surface area contributed by atoms with E-state index in [0.717, 1.165) is 41.5 Å². The third kappa shape index (κ3) is 2.74. The molecule has 96 valence electrons. The lowest BCUT2D eigenvalue weighted by Gasteiger charge is -2.10. The van der Waals surface area contributed by atoms with E-state index < -0.39 is 0 Å². The van der Waals surface area contributed by atoms with Crippen LogP contribution in [-0.4, -0.2) is 16.6 Å². The van der Waals surface area contributed by atoms with E-state index in [9.17, 15) is 0 Å². The maximum Gasteiger partial charge on any atom is 0.113 e. The predicted molar refractivity (Wildman–Crippen MR) is 75.3 cm³/mol. The molecular formula is C14H18ClN3. The van der Waals surface area contributed by atoms with Crippen molar-refractivity contribution in [1.82, 2.24) is 14.9 Å². The number of imidazole rings is 1. The summed E-state index contributed by atoms with van der Waals surface area (Å²) in [4.78, 5) is 4.38. The summed E-state index contributed by atoms with van der Waals surface area (Å²) in [5, 5.41) is 3.90. The van der Waals surface area contributed by atoms with E-state index in [1.165, 1.54) is 0 Å². The Morgan fingerprint density at radius 1 is 1.39 bits per heavy atom. The van der Waals surface area contributed by atoms with E-state index in [2.05, 4.69) is 33.9 Å². The Kier molecular flexibility index (Phi) is 4.39. The fourth-order valence-electron chi connectivity index (χ4n) is 2.00. The second-order valence-electron chi connectivity index (χ2n) is 4.27. The van der Waals surface area contributed by atoms with Gasteiger partial charge in [0, 0.05) is 36.1 Å². The number of halogens is 1. The van der Waals surface area contributed by atoms with Gasteiger partial charge in [-0.3, -0.25) is 0 Å². The van der Waals surface area contributed by atoms with Crippen LogP contribution in [-0.2, 0) is 13.0 Å². The Labute approximate surface area is 113 Å². The third-order valence-electron chi connectivity index (χ3n) is 2.87. The first-order valence-corrected chi connectivity index (χ1v) is 6.59. The molecule has 1 aromatic heterocycles. The number of nitrogens with zero attached hydrogens (tertiary/aromatic N) is 2. The molecule has 0 unspecified atom stereocenters. The maximum atomic E-state index is 6.28. The Morgan fingerprint density at radius 2 is 2.22 bits per heavy atom. The van der Waals surface area contributed by atoms with Gasteiger partial charge in [-0.2, -0.15) is 0 Å². The molecule has 3 nitrogen and oxygen atoms in total. The van der Waals surface area contributed by atoms with Gasteiger partial charge in [0.25, 0.3) is 0 Å². The number of aromatic nitrogens is 2. The average Bonchev–Trinajstić information content (AvgIpc) is 2.81. The second-order valence-corrected chi connectivity index (χ2v) is 4.68. The first kappa shape index (κ1) is 13.1. The summed E-state index contributed by atoms with van der Waals surface area (Å²) in [5.74, 6) is 1.08. The van der Waals surface area contributed by atoms with E-state index in [-0.39, 0.29) is 0 Å². The van der Waals surface area contributed by atoms with Gasteiger partial charge in [0.05, 0.1) is 0 Å². The third-order valence-corrected chi connectivity index (χ3v) is 3.22. The summed E-state index contributed by atoms with van der Waals surface area (Å²) >= 11 is 6.28. The summed E-state index contributed by atoms with van der Waals surface area (Å²) in [5.41, 5.74) is 2.18. The van der Waals surface area contributed by atoms with Gasteiger partial charge < -0.3 is 9.88 Å². The molecule has 0 fully saturated rings. The molecule has 0 bridgehead atoms. The highest BCUT2D eigenvalue weighted by molar-refractivity contribution is 6.31. The Hall–Kier alpha value is -1.32. The molecule has 0 aliphatic rings. The van der Waals surface area contributed by atoms with Crippen molar-refractivity contribution >= 4 is 11.6 Å². The van der Waals surface area contributed by atoms with Crippen molar-refractivity contribution in [2.75, 3.05) is 7.05 Å². The minimum Gasteiger partial charge on any atom is -0.316 e. The standard InChI is InChI=1S/C14H18ClN3/c1-3-4-14-17-7-8-18(14)12-6-5-11(10-16-2)13(15)9-12/h5-9,16H,3-4,10H2,1-2H3. The van der Waals surface area contributed by atoms with Crippen molar-refractivity contribution in [2.45, 2.75) is 26.3 Å². The average molecular weight is 264 g/mol. The van der Waals surface area contributed by atoms with Crippen LogP contribution in [0.2, 0.25) is 5.02 Å². The summed E-state index contributed by atoms with van der Waals surface area (Å²) in [6.07, 6.45) is 5.88. The van der Waals surface area contributed by atoms with Crippen LogP contribution in [0.15, 0.2) is 30.6 Å². The quantitative estimate of drug-likeness (QED) is 0.898. The zero-order valence-corrected chi connectivity index (χ0v) is 11.5. The monoisotopic (exact) mass is 263 g/mol. The summed E-state index contributed by atoms with van der Waals surface area (Å²) in [6.45, 7) is 2.94. The van der Waals surface area contributed by atoms with Gasteiger partial charge in [0.2, 0.25) is 0 Å². The van der Waals surface area contributed by atoms with Crippen molar-refractivity contribution in [1.29, 1.82) is 0 Å². The summed E-state index contributed by atoms with van der Waals surface area (Å²) < 4.78 is 2.10. The molecule has 0 atom stereocenters. The van der Waals surface area contributed by atoms with E-state index in [0.29, 0.717) is 0 Å². The lowest BCUT2D eigenvalue weighted by atomic mass is 10.2. The molecule has 4 heteroatoms. The largest absolute Gasteiger partial charge is 0.316 e. The highest BCUT2D eigenvalue weighted by Crippen LogP contribution is 2.21. The van der Waals surface area contributed by atoms with Crippen LogP contribution in [0, 0.1) is 0 Å². The van der Waals surface area contributed by atoms with Gasteiger partial charge in [-0.1, -0.05) is 24.6 Å². The van der Waals surface area contributed by atoms with Crippen LogP contribution >= 0.6 is 11.6 Å². The van der Waals surface area contributed by atoms with E-state index in [1.54, 1.807) is 0 Å². The molecule has 0 aliphatic heterocycles. The highest BCUT2D eigenvalue weighted by atomic mass is 35.5. The molecule has 0 spiro atoms. The van der Waals surface area contributed by atoms with Crippen LogP contribution in [0.4, 0.5) is 0 Å². The van der Waals surface area contributed by atoms with Crippen LogP contribution in [0.3, 0.4) is 0 Å². The zero-order chi connectivity index (χ0) is 13.0. The number of hydrogen-bond acceptors (Lipinski definition) is 2. The summed E-state index contributed by atoms with van der Waals surface area (Å²) in [6, 6.07) is 6.14. The Balaban J connectivity index is 2.33. The molecule has 2 aromatic rings. The SMILES string of the molecule is CCCc1nccn1-c1ccc(CNC)c(Cl)c1. The minimum absolute atomic E-state index is 0.783. The molecule has 0 radical (unpaired) electrons. The number of hydrogen-bond donors (Lipinski definition) is 1. The molecule has 1 N–H and O–H groups in total. The number of nitrogens with one attached hydrogen (secondary N) is 1. The molecule has 2 rings (SSSR count). The van der Waals surface area contributed by atoms with Crippen molar-refractivity contribution in [3.63, 3.8) is 0 Å². The van der Waals surface area contributed by atoms with Crippen molar-refractivity contribution in [3.8, 4) is 5.69 Å². The normalized spacial score (nSPS) is 10.8. The molecule has 18 heavy (non-hydrogen) atoms. The minimum atomic E-state index is 0.783. The van der Waals surface area contributed by atoms with Gasteiger partial charge in [-0.25, -0.2) is 4.98 Å². The molecule has 1 aromatic carbocycles. The smallest absolute Gasteiger partial charge is 0.113 e. The lowest BCUT2D eigenvalue weighted by Crippen LogP contribution is -2.06. The van der Waals surface area contributed by atoms with Gasteiger partial charge in [0.1, 0.15) is 5.82 Å². The number of benzene rings is 1. The van der Waals surface area contributed by atoms with Crippen molar-refractivity contribution in [3.05, 3.63) is 47.0 Å².